The van der Waals surface area contributed by atoms with Crippen LogP contribution in [0.4, 0.5) is 0 Å². The van der Waals surface area contributed by atoms with E-state index in [1.54, 1.807) is 19.5 Å². The summed E-state index contributed by atoms with van der Waals surface area (Å²) in [5.41, 5.74) is -0.646. The standard InChI is InChI=1S/C27H32O8/c1-13-15(14-7-9-34-12-14)10-16-20(13)27(4)17(11-19(29)33-5)26(3)18(28)6-8-25(2,24(31)32)22(26)21(30)23(27)35-16/h6-9,12,15-17,21-23,30H,10-11H2,1-5H3,(H,31,32)/t15-,16-,17-,21-,22+,23-,25-,26+,27-/m1/s1. The third kappa shape index (κ3) is 2.90. The lowest BCUT2D eigenvalue weighted by Crippen LogP contribution is -2.69. The predicted octanol–water partition coefficient (Wildman–Crippen LogP) is 3.26. The summed E-state index contributed by atoms with van der Waals surface area (Å²) in [7, 11) is 1.30. The Balaban J connectivity index is 1.73. The van der Waals surface area contributed by atoms with Crippen molar-refractivity contribution in [2.75, 3.05) is 7.11 Å². The maximum absolute atomic E-state index is 13.6. The second-order valence-electron chi connectivity index (χ2n) is 11.1. The van der Waals surface area contributed by atoms with E-state index < -0.39 is 52.2 Å². The smallest absolute Gasteiger partial charge is 0.313 e. The molecule has 0 amide bonds. The highest BCUT2D eigenvalue weighted by molar-refractivity contribution is 5.99. The van der Waals surface area contributed by atoms with Crippen LogP contribution in [0.2, 0.25) is 0 Å². The number of allylic oxidation sites excluding steroid dienone is 2. The van der Waals surface area contributed by atoms with Gasteiger partial charge in [0.25, 0.3) is 0 Å². The molecule has 1 aromatic heterocycles. The van der Waals surface area contributed by atoms with E-state index in [0.29, 0.717) is 6.42 Å². The van der Waals surface area contributed by atoms with Gasteiger partial charge in [-0.05, 0) is 49.5 Å². The van der Waals surface area contributed by atoms with E-state index in [4.69, 9.17) is 13.9 Å². The molecule has 1 aromatic rings. The molecule has 1 aliphatic heterocycles. The Morgan fingerprint density at radius 3 is 2.54 bits per heavy atom. The van der Waals surface area contributed by atoms with Crippen LogP contribution < -0.4 is 0 Å². The molecular weight excluding hydrogens is 452 g/mol. The van der Waals surface area contributed by atoms with E-state index in [-0.39, 0.29) is 24.2 Å². The summed E-state index contributed by atoms with van der Waals surface area (Å²) in [5.74, 6) is -3.49. The number of carbonyl (C=O) groups excluding carboxylic acids is 2. The summed E-state index contributed by atoms with van der Waals surface area (Å²) in [4.78, 5) is 38.8. The Labute approximate surface area is 204 Å². The van der Waals surface area contributed by atoms with E-state index in [1.807, 2.05) is 19.9 Å². The van der Waals surface area contributed by atoms with Crippen molar-refractivity contribution in [3.05, 3.63) is 47.5 Å². The number of aliphatic carboxylic acids is 1. The van der Waals surface area contributed by atoms with Gasteiger partial charge in [-0.2, -0.15) is 0 Å². The van der Waals surface area contributed by atoms with Crippen molar-refractivity contribution in [1.29, 1.82) is 0 Å². The zero-order valence-electron chi connectivity index (χ0n) is 20.6. The van der Waals surface area contributed by atoms with Crippen molar-refractivity contribution < 1.29 is 38.5 Å². The fourth-order valence-corrected chi connectivity index (χ4v) is 8.08. The number of ether oxygens (including phenoxy) is 2. The van der Waals surface area contributed by atoms with Crippen molar-refractivity contribution in [3.63, 3.8) is 0 Å². The molecule has 0 unspecified atom stereocenters. The number of carboxylic acids is 1. The van der Waals surface area contributed by atoms with Crippen molar-refractivity contribution in [2.45, 2.75) is 64.8 Å². The number of esters is 1. The Morgan fingerprint density at radius 2 is 1.94 bits per heavy atom. The average Bonchev–Trinajstić information content (AvgIpc) is 3.51. The van der Waals surface area contributed by atoms with Gasteiger partial charge in [0.1, 0.15) is 0 Å². The molecule has 2 heterocycles. The third-order valence-electron chi connectivity index (χ3n) is 9.71. The van der Waals surface area contributed by atoms with Gasteiger partial charge in [0.05, 0.1) is 49.8 Å². The van der Waals surface area contributed by atoms with Crippen LogP contribution in [-0.4, -0.2) is 53.4 Å². The molecule has 0 aromatic carbocycles. The summed E-state index contributed by atoms with van der Waals surface area (Å²) in [6.07, 6.45) is 4.26. The SMILES string of the molecule is COC(=O)C[C@H]1[C@]2(C)C3=C(C)[C@H](c4ccoc4)C[C@H]3O[C@@H]2[C@H](O)[C@@H]2[C@]1(C)C(=O)C=C[C@@]2(C)C(=O)O. The molecule has 1 saturated carbocycles. The summed E-state index contributed by atoms with van der Waals surface area (Å²) >= 11 is 0. The molecule has 1 saturated heterocycles. The molecule has 2 fully saturated rings. The van der Waals surface area contributed by atoms with E-state index in [0.717, 1.165) is 16.7 Å². The van der Waals surface area contributed by atoms with Gasteiger partial charge in [-0.3, -0.25) is 14.4 Å². The van der Waals surface area contributed by atoms with Gasteiger partial charge in [-0.25, -0.2) is 0 Å². The fraction of sp³-hybridized carbons (Fsp3) is 0.593. The topological polar surface area (TPSA) is 123 Å². The fourth-order valence-electron chi connectivity index (χ4n) is 8.08. The number of hydrogen-bond acceptors (Lipinski definition) is 7. The number of aliphatic hydroxyl groups excluding tert-OH is 1. The maximum atomic E-state index is 13.6. The van der Waals surface area contributed by atoms with Crippen LogP contribution in [0, 0.1) is 28.1 Å². The highest BCUT2D eigenvalue weighted by atomic mass is 16.5. The van der Waals surface area contributed by atoms with Crippen molar-refractivity contribution in [3.8, 4) is 0 Å². The first-order valence-electron chi connectivity index (χ1n) is 12.0. The zero-order valence-corrected chi connectivity index (χ0v) is 20.6. The maximum Gasteiger partial charge on any atom is 0.313 e. The number of rotatable bonds is 4. The van der Waals surface area contributed by atoms with Crippen LogP contribution in [0.15, 0.2) is 46.3 Å². The van der Waals surface area contributed by atoms with Gasteiger partial charge in [-0.15, -0.1) is 0 Å². The second kappa shape index (κ2) is 7.64. The molecule has 35 heavy (non-hydrogen) atoms. The molecule has 4 aliphatic rings. The molecular formula is C27H32O8. The lowest BCUT2D eigenvalue weighted by molar-refractivity contribution is -0.215. The Kier molecular flexibility index (Phi) is 5.24. The van der Waals surface area contributed by atoms with Gasteiger partial charge >= 0.3 is 11.9 Å². The molecule has 0 radical (unpaired) electrons. The monoisotopic (exact) mass is 484 g/mol. The number of aliphatic hydroxyl groups is 1. The molecule has 8 heteroatoms. The Morgan fingerprint density at radius 1 is 1.23 bits per heavy atom. The third-order valence-corrected chi connectivity index (χ3v) is 9.71. The van der Waals surface area contributed by atoms with E-state index >= 15 is 0 Å². The van der Waals surface area contributed by atoms with Crippen LogP contribution in [0.3, 0.4) is 0 Å². The van der Waals surface area contributed by atoms with Gasteiger partial charge in [0.2, 0.25) is 0 Å². The van der Waals surface area contributed by atoms with Gasteiger partial charge in [-0.1, -0.05) is 25.5 Å². The summed E-state index contributed by atoms with van der Waals surface area (Å²) in [6, 6.07) is 1.92. The number of methoxy groups -OCH3 is 1. The minimum Gasteiger partial charge on any atom is -0.481 e. The molecule has 0 spiro atoms. The minimum atomic E-state index is -1.51. The first kappa shape index (κ1) is 24.0. The number of furan rings is 1. The molecule has 2 N–H and O–H groups in total. The zero-order chi connectivity index (χ0) is 25.5. The summed E-state index contributed by atoms with van der Waals surface area (Å²) in [5, 5.41) is 22.0. The number of hydrogen-bond donors (Lipinski definition) is 2. The lowest BCUT2D eigenvalue weighted by atomic mass is 9.41. The second-order valence-corrected chi connectivity index (χ2v) is 11.1. The van der Waals surface area contributed by atoms with Crippen molar-refractivity contribution >= 4 is 17.7 Å². The van der Waals surface area contributed by atoms with Crippen LogP contribution in [-0.2, 0) is 23.9 Å². The van der Waals surface area contributed by atoms with E-state index in [9.17, 15) is 24.6 Å². The lowest BCUT2D eigenvalue weighted by Gasteiger charge is -2.61. The predicted molar refractivity (Wildman–Crippen MR) is 123 cm³/mol. The highest BCUT2D eigenvalue weighted by Crippen LogP contribution is 2.69. The number of carboxylic acid groups (broad SMARTS) is 1. The summed E-state index contributed by atoms with van der Waals surface area (Å²) < 4.78 is 16.9. The van der Waals surface area contributed by atoms with Crippen molar-refractivity contribution in [1.82, 2.24) is 0 Å². The molecule has 9 atom stereocenters. The number of carbonyl (C=O) groups is 3. The average molecular weight is 485 g/mol. The summed E-state index contributed by atoms with van der Waals surface area (Å²) in [6.45, 7) is 7.21. The van der Waals surface area contributed by atoms with Gasteiger partial charge in [0.15, 0.2) is 5.78 Å². The van der Waals surface area contributed by atoms with Gasteiger partial charge in [0, 0.05) is 22.7 Å². The first-order valence-corrected chi connectivity index (χ1v) is 12.0. The minimum absolute atomic E-state index is 0.0548. The quantitative estimate of drug-likeness (QED) is 0.493. The van der Waals surface area contributed by atoms with Crippen LogP contribution in [0.25, 0.3) is 0 Å². The largest absolute Gasteiger partial charge is 0.481 e. The van der Waals surface area contributed by atoms with Crippen LogP contribution in [0.1, 0.15) is 52.0 Å². The molecule has 8 nitrogen and oxygen atoms in total. The Bertz CT molecular complexity index is 1150. The van der Waals surface area contributed by atoms with Gasteiger partial charge < -0.3 is 24.1 Å². The van der Waals surface area contributed by atoms with Crippen molar-refractivity contribution in [2.24, 2.45) is 28.1 Å². The highest BCUT2D eigenvalue weighted by Gasteiger charge is 2.74. The Hall–Kier alpha value is -2.71. The normalized spacial score (nSPS) is 44.1. The molecule has 5 rings (SSSR count). The van der Waals surface area contributed by atoms with Crippen LogP contribution in [0.5, 0.6) is 0 Å². The van der Waals surface area contributed by atoms with E-state index in [2.05, 4.69) is 0 Å². The van der Waals surface area contributed by atoms with E-state index in [1.165, 1.54) is 26.2 Å². The first-order chi connectivity index (χ1) is 16.4. The molecule has 188 valence electrons. The number of ketones is 1. The molecule has 3 aliphatic carbocycles. The molecule has 0 bridgehead atoms. The number of fused-ring (bicyclic) bond motifs is 4. The van der Waals surface area contributed by atoms with Crippen LogP contribution >= 0.6 is 0 Å².